The molecule has 0 bridgehead atoms. The fourth-order valence-electron chi connectivity index (χ4n) is 3.16. The molecule has 1 aliphatic rings. The highest BCUT2D eigenvalue weighted by atomic mass is 16.5. The highest BCUT2D eigenvalue weighted by Gasteiger charge is 2.66. The Balaban J connectivity index is 1.87. The Morgan fingerprint density at radius 2 is 1.78 bits per heavy atom. The van der Waals surface area contributed by atoms with Gasteiger partial charge >= 0.3 is 5.97 Å². The van der Waals surface area contributed by atoms with Crippen molar-refractivity contribution in [3.8, 4) is 17.2 Å². The van der Waals surface area contributed by atoms with Gasteiger partial charge in [-0.15, -0.1) is 4.91 Å². The summed E-state index contributed by atoms with van der Waals surface area (Å²) in [5.74, 6) is -0.0851. The molecule has 0 spiro atoms. The Hall–Kier alpha value is -3.42. The lowest BCUT2D eigenvalue weighted by Crippen LogP contribution is -2.30. The van der Waals surface area contributed by atoms with E-state index in [1.165, 1.54) is 7.11 Å². The number of hydrogen-bond donors (Lipinski definition) is 1. The first-order valence-electron chi connectivity index (χ1n) is 8.18. The Bertz CT molecular complexity index is 867. The minimum Gasteiger partial charge on any atom is -0.497 e. The number of rotatable bonds is 7. The predicted molar refractivity (Wildman–Crippen MR) is 95.2 cm³/mol. The maximum absolute atomic E-state index is 12.4. The number of amides is 1. The Morgan fingerprint density at radius 3 is 2.41 bits per heavy atom. The van der Waals surface area contributed by atoms with Crippen molar-refractivity contribution in [1.82, 2.24) is 5.43 Å². The first-order chi connectivity index (χ1) is 13.0. The minimum absolute atomic E-state index is 0.229. The summed E-state index contributed by atoms with van der Waals surface area (Å²) in [6.07, 6.45) is 0.229. The number of ether oxygens (including phenoxy) is 3. The maximum Gasteiger partial charge on any atom is 0.317 e. The second kappa shape index (κ2) is 7.45. The molecule has 27 heavy (non-hydrogen) atoms. The zero-order valence-corrected chi connectivity index (χ0v) is 14.8. The van der Waals surface area contributed by atoms with E-state index < -0.39 is 23.2 Å². The highest BCUT2D eigenvalue weighted by Crippen LogP contribution is 2.55. The third-order valence-electron chi connectivity index (χ3n) is 4.63. The van der Waals surface area contributed by atoms with Crippen LogP contribution in [0.25, 0.3) is 0 Å². The van der Waals surface area contributed by atoms with Crippen molar-refractivity contribution in [2.45, 2.75) is 11.8 Å². The molecule has 2 aromatic carbocycles. The second-order valence-electron chi connectivity index (χ2n) is 6.09. The number of carbonyl (C=O) groups excluding carboxylic acids is 2. The lowest BCUT2D eigenvalue weighted by molar-refractivity contribution is -0.145. The molecule has 1 aliphatic carbocycles. The van der Waals surface area contributed by atoms with E-state index in [1.54, 1.807) is 55.6 Å². The van der Waals surface area contributed by atoms with Crippen LogP contribution < -0.4 is 14.9 Å². The van der Waals surface area contributed by atoms with Gasteiger partial charge in [-0.05, 0) is 48.4 Å². The fraction of sp³-hybridized carbons (Fsp3) is 0.263. The van der Waals surface area contributed by atoms with E-state index in [0.717, 1.165) is 0 Å². The van der Waals surface area contributed by atoms with Crippen LogP contribution in [0, 0.1) is 10.8 Å². The molecule has 8 heteroatoms. The third kappa shape index (κ3) is 3.46. The van der Waals surface area contributed by atoms with Gasteiger partial charge in [-0.1, -0.05) is 12.1 Å². The van der Waals surface area contributed by atoms with Crippen molar-refractivity contribution in [1.29, 1.82) is 0 Å². The van der Waals surface area contributed by atoms with Crippen molar-refractivity contribution in [2.75, 3.05) is 14.2 Å². The molecule has 3 rings (SSSR count). The summed E-state index contributed by atoms with van der Waals surface area (Å²) in [7, 11) is 2.83. The summed E-state index contributed by atoms with van der Waals surface area (Å²) in [5, 5.41) is 2.39. The van der Waals surface area contributed by atoms with E-state index in [0.29, 0.717) is 22.8 Å². The Kier molecular flexibility index (Phi) is 5.07. The van der Waals surface area contributed by atoms with Crippen molar-refractivity contribution in [3.05, 3.63) is 59.0 Å². The van der Waals surface area contributed by atoms with Gasteiger partial charge in [-0.2, -0.15) is 0 Å². The summed E-state index contributed by atoms with van der Waals surface area (Å²) in [5.41, 5.74) is 1.28. The topological polar surface area (TPSA) is 103 Å². The SMILES string of the molecule is COC(=O)C1(c2cccc(Oc3ccc(OC)cc3)c2)CC1C(=O)NN=O. The zero-order valence-electron chi connectivity index (χ0n) is 14.8. The van der Waals surface area contributed by atoms with Crippen molar-refractivity contribution in [2.24, 2.45) is 11.2 Å². The molecule has 1 saturated carbocycles. The molecular formula is C19H18N2O6. The van der Waals surface area contributed by atoms with Crippen LogP contribution in [0.3, 0.4) is 0 Å². The van der Waals surface area contributed by atoms with Crippen LogP contribution in [0.15, 0.2) is 53.8 Å². The smallest absolute Gasteiger partial charge is 0.317 e. The molecule has 0 saturated heterocycles. The Morgan fingerprint density at radius 1 is 1.07 bits per heavy atom. The molecule has 1 amide bonds. The second-order valence-corrected chi connectivity index (χ2v) is 6.09. The third-order valence-corrected chi connectivity index (χ3v) is 4.63. The number of carbonyl (C=O) groups is 2. The molecule has 1 fully saturated rings. The number of nitrogens with zero attached hydrogens (tertiary/aromatic N) is 1. The van der Waals surface area contributed by atoms with E-state index in [4.69, 9.17) is 14.2 Å². The number of hydrogen-bond acceptors (Lipinski definition) is 7. The summed E-state index contributed by atoms with van der Waals surface area (Å²) in [4.78, 5) is 34.7. The molecule has 140 valence electrons. The van der Waals surface area contributed by atoms with Gasteiger partial charge in [0.15, 0.2) is 0 Å². The Labute approximate surface area is 155 Å². The number of nitroso groups, excluding NO2 is 1. The fourth-order valence-corrected chi connectivity index (χ4v) is 3.16. The van der Waals surface area contributed by atoms with Gasteiger partial charge in [0.05, 0.1) is 25.4 Å². The number of esters is 1. The van der Waals surface area contributed by atoms with Crippen molar-refractivity contribution < 1.29 is 23.8 Å². The molecule has 0 aromatic heterocycles. The normalized spacial score (nSPS) is 20.3. The van der Waals surface area contributed by atoms with Gasteiger partial charge in [0.1, 0.15) is 22.7 Å². The largest absolute Gasteiger partial charge is 0.497 e. The van der Waals surface area contributed by atoms with Crippen LogP contribution in [0.5, 0.6) is 17.2 Å². The molecule has 8 nitrogen and oxygen atoms in total. The maximum atomic E-state index is 12.4. The molecule has 0 aliphatic heterocycles. The van der Waals surface area contributed by atoms with E-state index in [9.17, 15) is 14.5 Å². The lowest BCUT2D eigenvalue weighted by atomic mass is 9.92. The first kappa shape index (κ1) is 18.4. The van der Waals surface area contributed by atoms with Crippen LogP contribution >= 0.6 is 0 Å². The van der Waals surface area contributed by atoms with E-state index in [1.807, 2.05) is 5.43 Å². The van der Waals surface area contributed by atoms with Crippen LogP contribution in [0.4, 0.5) is 0 Å². The average Bonchev–Trinajstić information content (AvgIpc) is 3.45. The predicted octanol–water partition coefficient (Wildman–Crippen LogP) is 2.72. The summed E-state index contributed by atoms with van der Waals surface area (Å²) >= 11 is 0. The molecule has 2 atom stereocenters. The quantitative estimate of drug-likeness (QED) is 0.457. The summed E-state index contributed by atoms with van der Waals surface area (Å²) in [6.45, 7) is 0. The molecule has 0 heterocycles. The van der Waals surface area contributed by atoms with Crippen LogP contribution in [-0.4, -0.2) is 26.1 Å². The monoisotopic (exact) mass is 370 g/mol. The van der Waals surface area contributed by atoms with E-state index in [-0.39, 0.29) is 6.42 Å². The van der Waals surface area contributed by atoms with Gasteiger partial charge in [-0.25, -0.2) is 5.43 Å². The molecular weight excluding hydrogens is 352 g/mol. The van der Waals surface area contributed by atoms with Gasteiger partial charge < -0.3 is 14.2 Å². The van der Waals surface area contributed by atoms with Crippen LogP contribution in [0.1, 0.15) is 12.0 Å². The standard InChI is InChI=1S/C19H18N2O6/c1-25-13-6-8-14(9-7-13)27-15-5-3-4-12(10-15)19(18(23)26-2)11-16(19)17(22)20-21-24/h3-10,16H,11H2,1-2H3,(H,20,22,24). The molecule has 2 unspecified atom stereocenters. The van der Waals surface area contributed by atoms with Crippen LogP contribution in [0.2, 0.25) is 0 Å². The molecule has 0 radical (unpaired) electrons. The van der Waals surface area contributed by atoms with Crippen LogP contribution in [-0.2, 0) is 19.7 Å². The minimum atomic E-state index is -1.15. The van der Waals surface area contributed by atoms with Gasteiger partial charge in [0.25, 0.3) is 0 Å². The molecule has 2 aromatic rings. The van der Waals surface area contributed by atoms with Crippen molar-refractivity contribution >= 4 is 11.9 Å². The van der Waals surface area contributed by atoms with E-state index >= 15 is 0 Å². The number of benzene rings is 2. The lowest BCUT2D eigenvalue weighted by Gasteiger charge is -2.16. The summed E-state index contributed by atoms with van der Waals surface area (Å²) in [6, 6.07) is 13.9. The number of methoxy groups -OCH3 is 2. The zero-order chi connectivity index (χ0) is 19.4. The molecule has 1 N–H and O–H groups in total. The van der Waals surface area contributed by atoms with E-state index in [2.05, 4.69) is 5.29 Å². The van der Waals surface area contributed by atoms with Gasteiger partial charge in [0.2, 0.25) is 5.91 Å². The summed E-state index contributed by atoms with van der Waals surface area (Å²) < 4.78 is 15.8. The van der Waals surface area contributed by atoms with Crippen molar-refractivity contribution in [3.63, 3.8) is 0 Å². The average molecular weight is 370 g/mol. The highest BCUT2D eigenvalue weighted by molar-refractivity contribution is 5.98. The van der Waals surface area contributed by atoms with Gasteiger partial charge in [-0.3, -0.25) is 9.59 Å². The number of nitrogens with one attached hydrogen (secondary N) is 1. The van der Waals surface area contributed by atoms with Gasteiger partial charge in [0, 0.05) is 0 Å². The first-order valence-corrected chi connectivity index (χ1v) is 8.18.